The molecule has 12 nitrogen and oxygen atoms in total. The number of ether oxygens (including phenoxy) is 4. The van der Waals surface area contributed by atoms with Crippen molar-refractivity contribution in [2.45, 2.75) is 115 Å². The van der Waals surface area contributed by atoms with Crippen LogP contribution in [0.25, 0.3) is 0 Å². The van der Waals surface area contributed by atoms with E-state index in [0.29, 0.717) is 54.8 Å². The van der Waals surface area contributed by atoms with E-state index in [-0.39, 0.29) is 59.7 Å². The third-order valence-corrected chi connectivity index (χ3v) is 11.1. The second-order valence-electron chi connectivity index (χ2n) is 15.5. The van der Waals surface area contributed by atoms with Gasteiger partial charge < -0.3 is 38.0 Å². The molecular weight excluding hydrogens is 672 g/mol. The van der Waals surface area contributed by atoms with E-state index in [0.717, 1.165) is 11.1 Å². The van der Waals surface area contributed by atoms with E-state index in [4.69, 9.17) is 27.8 Å². The SMILES string of the molecule is C=C(C)[C@H]1CCC2=C[C@@H](C[C@@](C)(O)[C@H](OC(=O)c3cc4oc3C[C@@H](C(=C)C)CCC3=C[C@@H](C[C@@]5(C)O[C@@H]45)OC3=O)c3cc(C(=O)O)c(o3)C1)OC2=O. The van der Waals surface area contributed by atoms with Gasteiger partial charge in [-0.1, -0.05) is 24.3 Å². The molecule has 0 radical (unpaired) electrons. The number of rotatable bonds is 5. The zero-order valence-electron chi connectivity index (χ0n) is 29.8. The van der Waals surface area contributed by atoms with Gasteiger partial charge in [-0.2, -0.15) is 0 Å². The third-order valence-electron chi connectivity index (χ3n) is 11.1. The third kappa shape index (κ3) is 6.81. The van der Waals surface area contributed by atoms with Crippen molar-refractivity contribution < 1.29 is 57.2 Å². The van der Waals surface area contributed by atoms with Crippen molar-refractivity contribution in [1.82, 2.24) is 0 Å². The normalized spacial score (nSPS) is 32.8. The minimum Gasteiger partial charge on any atom is -0.478 e. The lowest BCUT2D eigenvalue weighted by Crippen LogP contribution is -2.39. The Morgan fingerprint density at radius 2 is 1.35 bits per heavy atom. The molecule has 8 atom stereocenters. The zero-order chi connectivity index (χ0) is 37.3. The summed E-state index contributed by atoms with van der Waals surface area (Å²) < 4.78 is 36.0. The summed E-state index contributed by atoms with van der Waals surface area (Å²) in [6.07, 6.45) is 2.75. The Morgan fingerprint density at radius 1 is 0.827 bits per heavy atom. The van der Waals surface area contributed by atoms with Crippen LogP contribution in [0.15, 0.2) is 68.6 Å². The van der Waals surface area contributed by atoms with E-state index in [1.54, 1.807) is 12.1 Å². The lowest BCUT2D eigenvalue weighted by Gasteiger charge is -2.32. The first-order valence-corrected chi connectivity index (χ1v) is 17.7. The molecular formula is C40H44O12. The molecule has 7 rings (SSSR count). The molecule has 0 aromatic carbocycles. The Morgan fingerprint density at radius 3 is 1.90 bits per heavy atom. The van der Waals surface area contributed by atoms with Gasteiger partial charge in [-0.05, 0) is 89.5 Å². The summed E-state index contributed by atoms with van der Waals surface area (Å²) in [6.45, 7) is 15.3. The molecule has 0 spiro atoms. The second kappa shape index (κ2) is 13.1. The highest BCUT2D eigenvalue weighted by Crippen LogP contribution is 2.54. The fraction of sp³-hybridized carbons (Fsp3) is 0.500. The molecule has 2 aromatic rings. The molecule has 5 aliphatic rings. The molecule has 2 N–H and O–H groups in total. The molecule has 0 aliphatic carbocycles. The molecule has 276 valence electrons. The van der Waals surface area contributed by atoms with Gasteiger partial charge in [0.05, 0.1) is 0 Å². The molecule has 12 heteroatoms. The minimum atomic E-state index is -1.90. The van der Waals surface area contributed by atoms with E-state index in [9.17, 15) is 29.4 Å². The molecule has 0 amide bonds. The van der Waals surface area contributed by atoms with Gasteiger partial charge in [0.25, 0.3) is 0 Å². The number of fused-ring (bicyclic) bond motifs is 8. The lowest BCUT2D eigenvalue weighted by molar-refractivity contribution is -0.145. The van der Waals surface area contributed by atoms with E-state index < -0.39 is 53.5 Å². The van der Waals surface area contributed by atoms with E-state index in [1.807, 2.05) is 26.8 Å². The van der Waals surface area contributed by atoms with Gasteiger partial charge in [0, 0.05) is 36.8 Å². The van der Waals surface area contributed by atoms with Gasteiger partial charge in [0.1, 0.15) is 63.7 Å². The first-order valence-electron chi connectivity index (χ1n) is 17.7. The first kappa shape index (κ1) is 35.7. The number of aliphatic hydroxyl groups is 1. The van der Waals surface area contributed by atoms with Crippen LogP contribution in [0.4, 0.5) is 0 Å². The molecule has 2 aromatic heterocycles. The van der Waals surface area contributed by atoms with Crippen LogP contribution in [0.3, 0.4) is 0 Å². The highest BCUT2D eigenvalue weighted by Gasteiger charge is 2.57. The zero-order valence-corrected chi connectivity index (χ0v) is 29.8. The molecule has 1 fully saturated rings. The fourth-order valence-electron chi connectivity index (χ4n) is 7.94. The van der Waals surface area contributed by atoms with Gasteiger partial charge >= 0.3 is 23.9 Å². The number of allylic oxidation sites excluding steroid dienone is 2. The predicted octanol–water partition coefficient (Wildman–Crippen LogP) is 6.59. The monoisotopic (exact) mass is 716 g/mol. The standard InChI is InChI=1S/C40H44O12/c1-19(2)21-7-9-23-11-25(47-36(23)43)17-39(5,46)33(31-15-27(35(41)42)29(13-21)49-31)51-38(45)28-16-32-34-40(6,52-34)18-26-12-24(37(44)48-26)10-8-22(20(3)4)14-30(28)50-32/h11-12,15-16,21-22,25-26,33-34,46H,1,3,7-10,13-14,17-18H2,2,4-6H3,(H,41,42)/t21-,22-,25-,26-,33+,34-,39+,40+/m0/s1. The van der Waals surface area contributed by atoms with Crippen LogP contribution >= 0.6 is 0 Å². The molecule has 0 unspecified atom stereocenters. The van der Waals surface area contributed by atoms with Crippen molar-refractivity contribution in [2.24, 2.45) is 11.8 Å². The number of hydrogen-bond donors (Lipinski definition) is 2. The van der Waals surface area contributed by atoms with E-state index >= 15 is 0 Å². The molecule has 8 bridgehead atoms. The summed E-state index contributed by atoms with van der Waals surface area (Å²) in [4.78, 5) is 52.3. The van der Waals surface area contributed by atoms with Crippen LogP contribution in [0.2, 0.25) is 0 Å². The fourth-order valence-corrected chi connectivity index (χ4v) is 7.94. The second-order valence-corrected chi connectivity index (χ2v) is 15.5. The molecule has 5 aliphatic heterocycles. The topological polar surface area (TPSA) is 175 Å². The average Bonchev–Trinajstić information content (AvgIpc) is 3.51. The Kier molecular flexibility index (Phi) is 8.98. The summed E-state index contributed by atoms with van der Waals surface area (Å²) >= 11 is 0. The Hall–Kier alpha value is -4.68. The largest absolute Gasteiger partial charge is 0.478 e. The van der Waals surface area contributed by atoms with Crippen LogP contribution in [0.5, 0.6) is 0 Å². The number of epoxide rings is 1. The summed E-state index contributed by atoms with van der Waals surface area (Å²) in [5.41, 5.74) is 0.0236. The highest BCUT2D eigenvalue weighted by atomic mass is 16.6. The van der Waals surface area contributed by atoms with Crippen molar-refractivity contribution in [2.75, 3.05) is 0 Å². The molecule has 7 heterocycles. The van der Waals surface area contributed by atoms with Crippen LogP contribution in [-0.2, 0) is 41.4 Å². The number of esters is 3. The number of hydrogen-bond acceptors (Lipinski definition) is 11. The van der Waals surface area contributed by atoms with Crippen molar-refractivity contribution in [3.05, 3.63) is 93.9 Å². The summed E-state index contributed by atoms with van der Waals surface area (Å²) in [7, 11) is 0. The highest BCUT2D eigenvalue weighted by molar-refractivity contribution is 5.92. The van der Waals surface area contributed by atoms with E-state index in [1.165, 1.54) is 13.0 Å². The van der Waals surface area contributed by atoms with Crippen LogP contribution in [-0.4, -0.2) is 57.5 Å². The number of carbonyl (C=O) groups excluding carboxylic acids is 3. The number of carboxylic acid groups (broad SMARTS) is 1. The lowest BCUT2D eigenvalue weighted by atomic mass is 9.87. The van der Waals surface area contributed by atoms with Gasteiger partial charge in [-0.15, -0.1) is 0 Å². The maximum atomic E-state index is 14.4. The number of aromatic carboxylic acids is 1. The maximum absolute atomic E-state index is 14.4. The van der Waals surface area contributed by atoms with Gasteiger partial charge in [-0.3, -0.25) is 0 Å². The van der Waals surface area contributed by atoms with Crippen LogP contribution in [0.1, 0.15) is 122 Å². The first-order chi connectivity index (χ1) is 24.5. The predicted molar refractivity (Wildman–Crippen MR) is 183 cm³/mol. The number of carbonyl (C=O) groups is 4. The van der Waals surface area contributed by atoms with E-state index in [2.05, 4.69) is 13.2 Å². The Balaban J connectivity index is 1.26. The van der Waals surface area contributed by atoms with Crippen molar-refractivity contribution in [3.8, 4) is 0 Å². The van der Waals surface area contributed by atoms with Crippen molar-refractivity contribution >= 4 is 23.9 Å². The quantitative estimate of drug-likeness (QED) is 0.147. The molecule has 52 heavy (non-hydrogen) atoms. The Labute approximate surface area is 301 Å². The van der Waals surface area contributed by atoms with Gasteiger partial charge in [0.15, 0.2) is 6.10 Å². The number of carboxylic acids is 1. The molecule has 1 saturated heterocycles. The average molecular weight is 717 g/mol. The van der Waals surface area contributed by atoms with Gasteiger partial charge in [0.2, 0.25) is 0 Å². The summed E-state index contributed by atoms with van der Waals surface area (Å²) in [5, 5.41) is 22.2. The Bertz CT molecular complexity index is 1940. The van der Waals surface area contributed by atoms with Crippen molar-refractivity contribution in [1.29, 1.82) is 0 Å². The molecule has 0 saturated carbocycles. The van der Waals surface area contributed by atoms with Crippen LogP contribution < -0.4 is 0 Å². The summed E-state index contributed by atoms with van der Waals surface area (Å²) in [5.74, 6) is -2.54. The minimum absolute atomic E-state index is 0.0715. The van der Waals surface area contributed by atoms with Gasteiger partial charge in [-0.25, -0.2) is 19.2 Å². The van der Waals surface area contributed by atoms with Crippen molar-refractivity contribution in [3.63, 3.8) is 0 Å². The maximum Gasteiger partial charge on any atom is 0.342 e. The smallest absolute Gasteiger partial charge is 0.342 e. The number of furan rings is 2. The van der Waals surface area contributed by atoms with Crippen LogP contribution in [0, 0.1) is 11.8 Å². The summed E-state index contributed by atoms with van der Waals surface area (Å²) in [6, 6.07) is 2.85.